The Morgan fingerprint density at radius 1 is 0.880 bits per heavy atom. The van der Waals surface area contributed by atoms with Crippen LogP contribution in [0.3, 0.4) is 0 Å². The van der Waals surface area contributed by atoms with Crippen molar-refractivity contribution in [3.8, 4) is 0 Å². The predicted molar refractivity (Wildman–Crippen MR) is 106 cm³/mol. The Labute approximate surface area is 156 Å². The zero-order chi connectivity index (χ0) is 17.5. The second-order valence-electron chi connectivity index (χ2n) is 5.29. The van der Waals surface area contributed by atoms with Gasteiger partial charge in [0.15, 0.2) is 0 Å². The molecule has 2 nitrogen and oxygen atoms in total. The summed E-state index contributed by atoms with van der Waals surface area (Å²) < 4.78 is 0. The molecule has 3 rings (SSSR count). The van der Waals surface area contributed by atoms with Crippen LogP contribution in [0.1, 0.15) is 5.56 Å². The number of carbonyl (C=O) groups is 1. The standard InChI is InChI=1S/C21H16ClNOS/c22-17-13-10-16(11-14-17)12-15-21(24)23-19-8-4-5-9-20(19)25-18-6-2-1-3-7-18/h1-15H,(H,23,24)/b15-12+. The van der Waals surface area contributed by atoms with E-state index in [0.29, 0.717) is 5.02 Å². The van der Waals surface area contributed by atoms with Gasteiger partial charge in [0.1, 0.15) is 0 Å². The summed E-state index contributed by atoms with van der Waals surface area (Å²) in [7, 11) is 0. The van der Waals surface area contributed by atoms with Gasteiger partial charge in [0.25, 0.3) is 0 Å². The quantitative estimate of drug-likeness (QED) is 0.550. The van der Waals surface area contributed by atoms with E-state index in [2.05, 4.69) is 5.32 Å². The monoisotopic (exact) mass is 365 g/mol. The molecule has 0 saturated heterocycles. The van der Waals surface area contributed by atoms with Crippen molar-refractivity contribution in [2.45, 2.75) is 9.79 Å². The molecule has 1 N–H and O–H groups in total. The van der Waals surface area contributed by atoms with Gasteiger partial charge in [-0.05, 0) is 48.0 Å². The van der Waals surface area contributed by atoms with Crippen molar-refractivity contribution in [3.05, 3.63) is 95.5 Å². The van der Waals surface area contributed by atoms with Crippen LogP contribution in [0.2, 0.25) is 5.02 Å². The first-order valence-corrected chi connectivity index (χ1v) is 8.97. The Kier molecular flexibility index (Phi) is 5.94. The first kappa shape index (κ1) is 17.3. The smallest absolute Gasteiger partial charge is 0.248 e. The molecule has 0 heterocycles. The van der Waals surface area contributed by atoms with Crippen LogP contribution in [0.15, 0.2) is 94.7 Å². The molecule has 0 radical (unpaired) electrons. The van der Waals surface area contributed by atoms with E-state index < -0.39 is 0 Å². The van der Waals surface area contributed by atoms with Crippen molar-refractivity contribution in [2.24, 2.45) is 0 Å². The minimum Gasteiger partial charge on any atom is -0.321 e. The highest BCUT2D eigenvalue weighted by Crippen LogP contribution is 2.33. The van der Waals surface area contributed by atoms with E-state index in [9.17, 15) is 4.79 Å². The first-order chi connectivity index (χ1) is 12.2. The predicted octanol–water partition coefficient (Wildman–Crippen LogP) is 6.14. The van der Waals surface area contributed by atoms with Gasteiger partial charge in [-0.3, -0.25) is 4.79 Å². The molecular formula is C21H16ClNOS. The van der Waals surface area contributed by atoms with E-state index >= 15 is 0 Å². The fourth-order valence-electron chi connectivity index (χ4n) is 2.19. The molecule has 0 aliphatic heterocycles. The van der Waals surface area contributed by atoms with Crippen molar-refractivity contribution in [3.63, 3.8) is 0 Å². The number of para-hydroxylation sites is 1. The normalized spacial score (nSPS) is 10.8. The number of rotatable bonds is 5. The number of hydrogen-bond donors (Lipinski definition) is 1. The van der Waals surface area contributed by atoms with Crippen LogP contribution < -0.4 is 5.32 Å². The van der Waals surface area contributed by atoms with Crippen molar-refractivity contribution in [1.29, 1.82) is 0 Å². The molecule has 1 amide bonds. The fourth-order valence-corrected chi connectivity index (χ4v) is 3.24. The molecule has 0 aromatic heterocycles. The largest absolute Gasteiger partial charge is 0.321 e. The number of nitrogens with one attached hydrogen (secondary N) is 1. The summed E-state index contributed by atoms with van der Waals surface area (Å²) in [5.41, 5.74) is 1.72. The summed E-state index contributed by atoms with van der Waals surface area (Å²) in [6.45, 7) is 0. The lowest BCUT2D eigenvalue weighted by molar-refractivity contribution is -0.111. The summed E-state index contributed by atoms with van der Waals surface area (Å²) in [4.78, 5) is 14.4. The van der Waals surface area contributed by atoms with Crippen LogP contribution in [0.5, 0.6) is 0 Å². The molecule has 0 fully saturated rings. The van der Waals surface area contributed by atoms with Gasteiger partial charge in [-0.2, -0.15) is 0 Å². The lowest BCUT2D eigenvalue weighted by Crippen LogP contribution is -2.08. The zero-order valence-corrected chi connectivity index (χ0v) is 14.9. The maximum Gasteiger partial charge on any atom is 0.248 e. The molecule has 0 unspecified atom stereocenters. The number of benzene rings is 3. The van der Waals surface area contributed by atoms with E-state index in [-0.39, 0.29) is 5.91 Å². The van der Waals surface area contributed by atoms with Crippen molar-refractivity contribution >= 4 is 41.0 Å². The van der Waals surface area contributed by atoms with Gasteiger partial charge in [-0.25, -0.2) is 0 Å². The molecule has 3 aromatic rings. The van der Waals surface area contributed by atoms with Crippen molar-refractivity contribution in [1.82, 2.24) is 0 Å². The van der Waals surface area contributed by atoms with Crippen molar-refractivity contribution < 1.29 is 4.79 Å². The molecule has 0 atom stereocenters. The highest BCUT2D eigenvalue weighted by atomic mass is 35.5. The molecule has 3 aromatic carbocycles. The summed E-state index contributed by atoms with van der Waals surface area (Å²) in [5, 5.41) is 3.61. The maximum absolute atomic E-state index is 12.2. The number of amides is 1. The third-order valence-corrected chi connectivity index (χ3v) is 4.75. The van der Waals surface area contributed by atoms with E-state index in [1.54, 1.807) is 30.0 Å². The molecule has 0 bridgehead atoms. The fraction of sp³-hybridized carbons (Fsp3) is 0. The van der Waals surface area contributed by atoms with Gasteiger partial charge in [-0.15, -0.1) is 0 Å². The number of halogens is 1. The second kappa shape index (κ2) is 8.56. The minimum atomic E-state index is -0.170. The Bertz CT molecular complexity index is 876. The van der Waals surface area contributed by atoms with Gasteiger partial charge in [0.05, 0.1) is 5.69 Å². The van der Waals surface area contributed by atoms with Crippen molar-refractivity contribution in [2.75, 3.05) is 5.32 Å². The van der Waals surface area contributed by atoms with Crippen LogP contribution in [0, 0.1) is 0 Å². The van der Waals surface area contributed by atoms with Crippen LogP contribution >= 0.6 is 23.4 Å². The van der Waals surface area contributed by atoms with E-state index in [1.807, 2.05) is 66.7 Å². The third-order valence-electron chi connectivity index (χ3n) is 3.41. The van der Waals surface area contributed by atoms with E-state index in [4.69, 9.17) is 11.6 Å². The van der Waals surface area contributed by atoms with Crippen LogP contribution in [0.25, 0.3) is 6.08 Å². The lowest BCUT2D eigenvalue weighted by Gasteiger charge is -2.09. The molecule has 0 saturated carbocycles. The zero-order valence-electron chi connectivity index (χ0n) is 13.4. The molecular weight excluding hydrogens is 350 g/mol. The van der Waals surface area contributed by atoms with Gasteiger partial charge >= 0.3 is 0 Å². The van der Waals surface area contributed by atoms with Crippen LogP contribution in [-0.2, 0) is 4.79 Å². The summed E-state index contributed by atoms with van der Waals surface area (Å²) >= 11 is 7.48. The number of anilines is 1. The highest BCUT2D eigenvalue weighted by Gasteiger charge is 2.06. The molecule has 0 spiro atoms. The maximum atomic E-state index is 12.2. The van der Waals surface area contributed by atoms with Gasteiger partial charge < -0.3 is 5.32 Å². The van der Waals surface area contributed by atoms with E-state index in [0.717, 1.165) is 21.0 Å². The molecule has 124 valence electrons. The SMILES string of the molecule is O=C(/C=C/c1ccc(Cl)cc1)Nc1ccccc1Sc1ccccc1. The van der Waals surface area contributed by atoms with Gasteiger partial charge in [0, 0.05) is 20.9 Å². The Hall–Kier alpha value is -2.49. The average Bonchev–Trinajstić information content (AvgIpc) is 2.64. The third kappa shape index (κ3) is 5.24. The summed E-state index contributed by atoms with van der Waals surface area (Å²) in [6.07, 6.45) is 3.28. The lowest BCUT2D eigenvalue weighted by atomic mass is 10.2. The molecule has 0 aliphatic carbocycles. The Morgan fingerprint density at radius 3 is 2.32 bits per heavy atom. The van der Waals surface area contributed by atoms with Gasteiger partial charge in [0.2, 0.25) is 5.91 Å². The second-order valence-corrected chi connectivity index (χ2v) is 6.84. The highest BCUT2D eigenvalue weighted by molar-refractivity contribution is 7.99. The minimum absolute atomic E-state index is 0.170. The summed E-state index contributed by atoms with van der Waals surface area (Å²) in [6, 6.07) is 25.2. The first-order valence-electron chi connectivity index (χ1n) is 7.77. The molecule has 4 heteroatoms. The van der Waals surface area contributed by atoms with E-state index in [1.165, 1.54) is 6.08 Å². The Morgan fingerprint density at radius 2 is 1.56 bits per heavy atom. The molecule has 0 aliphatic rings. The number of carbonyl (C=O) groups excluding carboxylic acids is 1. The van der Waals surface area contributed by atoms with Crippen LogP contribution in [-0.4, -0.2) is 5.91 Å². The number of hydrogen-bond acceptors (Lipinski definition) is 2. The summed E-state index contributed by atoms with van der Waals surface area (Å²) in [5.74, 6) is -0.170. The van der Waals surface area contributed by atoms with Crippen LogP contribution in [0.4, 0.5) is 5.69 Å². The topological polar surface area (TPSA) is 29.1 Å². The molecule has 25 heavy (non-hydrogen) atoms. The van der Waals surface area contributed by atoms with Gasteiger partial charge in [-0.1, -0.05) is 65.8 Å². The Balaban J connectivity index is 1.70. The average molecular weight is 366 g/mol.